The Morgan fingerprint density at radius 3 is 2.70 bits per heavy atom. The van der Waals surface area contributed by atoms with Gasteiger partial charge in [-0.05, 0) is 13.1 Å². The normalized spacial score (nSPS) is 16.9. The Morgan fingerprint density at radius 2 is 2.05 bits per heavy atom. The first-order chi connectivity index (χ1) is 9.58. The van der Waals surface area contributed by atoms with Crippen LogP contribution in [0.5, 0.6) is 0 Å². The molecule has 1 N–H and O–H groups in total. The number of hydrogen-bond acceptors (Lipinski definition) is 6. The molecule has 0 radical (unpaired) electrons. The highest BCUT2D eigenvalue weighted by atomic mass is 32.1. The standard InChI is InChI=1S/C13H19N3O3S/c1-15-3-5-16(6-4-15)8-11(17)14-12-7-10(9-20-12)13(18)19-2/h7,9H,3-6,8H2,1-2H3,(H,14,17). The van der Waals surface area contributed by atoms with E-state index in [0.29, 0.717) is 17.1 Å². The van der Waals surface area contributed by atoms with Gasteiger partial charge >= 0.3 is 5.97 Å². The summed E-state index contributed by atoms with van der Waals surface area (Å²) in [7, 11) is 3.42. The summed E-state index contributed by atoms with van der Waals surface area (Å²) in [6.07, 6.45) is 0. The number of nitrogens with zero attached hydrogens (tertiary/aromatic N) is 2. The van der Waals surface area contributed by atoms with Crippen LogP contribution in [0.3, 0.4) is 0 Å². The Labute approximate surface area is 122 Å². The number of methoxy groups -OCH3 is 1. The molecule has 1 fully saturated rings. The van der Waals surface area contributed by atoms with Gasteiger partial charge in [0, 0.05) is 31.6 Å². The van der Waals surface area contributed by atoms with Crippen molar-refractivity contribution < 1.29 is 14.3 Å². The third-order valence-electron chi connectivity index (χ3n) is 3.25. The summed E-state index contributed by atoms with van der Waals surface area (Å²) in [4.78, 5) is 27.6. The fourth-order valence-electron chi connectivity index (χ4n) is 2.01. The second-order valence-electron chi connectivity index (χ2n) is 4.82. The Hall–Kier alpha value is -1.44. The molecule has 0 atom stereocenters. The van der Waals surface area contributed by atoms with Crippen LogP contribution in [0, 0.1) is 0 Å². The Morgan fingerprint density at radius 1 is 1.35 bits per heavy atom. The fraction of sp³-hybridized carbons (Fsp3) is 0.538. The zero-order chi connectivity index (χ0) is 14.5. The van der Waals surface area contributed by atoms with E-state index in [4.69, 9.17) is 0 Å². The lowest BCUT2D eigenvalue weighted by Gasteiger charge is -2.31. The summed E-state index contributed by atoms with van der Waals surface area (Å²) in [6, 6.07) is 1.64. The number of amides is 1. The summed E-state index contributed by atoms with van der Waals surface area (Å²) in [5.74, 6) is -0.436. The first-order valence-electron chi connectivity index (χ1n) is 6.46. The monoisotopic (exact) mass is 297 g/mol. The van der Waals surface area contributed by atoms with Crippen LogP contribution in [0.25, 0.3) is 0 Å². The molecule has 1 aromatic rings. The number of rotatable bonds is 4. The molecule has 1 saturated heterocycles. The highest BCUT2D eigenvalue weighted by Gasteiger charge is 2.17. The third kappa shape index (κ3) is 4.03. The number of likely N-dealkylation sites (N-methyl/N-ethyl adjacent to an activating group) is 1. The van der Waals surface area contributed by atoms with Crippen molar-refractivity contribution in [1.82, 2.24) is 9.80 Å². The molecule has 6 nitrogen and oxygen atoms in total. The van der Waals surface area contributed by atoms with Gasteiger partial charge in [0.25, 0.3) is 0 Å². The van der Waals surface area contributed by atoms with Gasteiger partial charge in [0.2, 0.25) is 5.91 Å². The van der Waals surface area contributed by atoms with Crippen LogP contribution < -0.4 is 5.32 Å². The van der Waals surface area contributed by atoms with Crippen LogP contribution in [0.1, 0.15) is 10.4 Å². The van der Waals surface area contributed by atoms with E-state index in [2.05, 4.69) is 26.9 Å². The number of carbonyl (C=O) groups is 2. The minimum Gasteiger partial charge on any atom is -0.465 e. The third-order valence-corrected chi connectivity index (χ3v) is 4.09. The van der Waals surface area contributed by atoms with Crippen LogP contribution in [-0.4, -0.2) is 68.6 Å². The quantitative estimate of drug-likeness (QED) is 0.830. The van der Waals surface area contributed by atoms with Crippen molar-refractivity contribution in [2.75, 3.05) is 52.2 Å². The number of esters is 1. The molecular formula is C13H19N3O3S. The van der Waals surface area contributed by atoms with Gasteiger partial charge in [-0.2, -0.15) is 0 Å². The van der Waals surface area contributed by atoms with E-state index in [1.807, 2.05) is 0 Å². The molecular weight excluding hydrogens is 278 g/mol. The van der Waals surface area contributed by atoms with Crippen molar-refractivity contribution in [2.45, 2.75) is 0 Å². The SMILES string of the molecule is COC(=O)c1csc(NC(=O)CN2CCN(C)CC2)c1. The molecule has 1 aliphatic rings. The van der Waals surface area contributed by atoms with Crippen molar-refractivity contribution in [3.8, 4) is 0 Å². The second-order valence-corrected chi connectivity index (χ2v) is 5.73. The van der Waals surface area contributed by atoms with Gasteiger partial charge < -0.3 is 15.0 Å². The zero-order valence-electron chi connectivity index (χ0n) is 11.7. The lowest BCUT2D eigenvalue weighted by Crippen LogP contribution is -2.47. The number of anilines is 1. The number of thiophene rings is 1. The molecule has 0 unspecified atom stereocenters. The average molecular weight is 297 g/mol. The average Bonchev–Trinajstić information content (AvgIpc) is 2.89. The minimum absolute atomic E-state index is 0.0483. The van der Waals surface area contributed by atoms with Crippen LogP contribution in [0.4, 0.5) is 5.00 Å². The summed E-state index contributed by atoms with van der Waals surface area (Å²) in [5.41, 5.74) is 0.465. The van der Waals surface area contributed by atoms with Crippen molar-refractivity contribution in [3.63, 3.8) is 0 Å². The predicted molar refractivity (Wildman–Crippen MR) is 78.2 cm³/mol. The molecule has 2 heterocycles. The van der Waals surface area contributed by atoms with Crippen LogP contribution >= 0.6 is 11.3 Å². The number of nitrogens with one attached hydrogen (secondary N) is 1. The molecule has 1 amide bonds. The Kier molecular flexibility index (Phi) is 5.11. The molecule has 110 valence electrons. The van der Waals surface area contributed by atoms with E-state index in [9.17, 15) is 9.59 Å². The molecule has 0 aliphatic carbocycles. The molecule has 2 rings (SSSR count). The van der Waals surface area contributed by atoms with Gasteiger partial charge in [-0.15, -0.1) is 11.3 Å². The van der Waals surface area contributed by atoms with Crippen LogP contribution in [-0.2, 0) is 9.53 Å². The van der Waals surface area contributed by atoms with Crippen molar-refractivity contribution in [3.05, 3.63) is 17.0 Å². The summed E-state index contributed by atoms with van der Waals surface area (Å²) < 4.78 is 4.63. The molecule has 20 heavy (non-hydrogen) atoms. The van der Waals surface area contributed by atoms with Gasteiger partial charge in [0.15, 0.2) is 0 Å². The number of hydrogen-bond donors (Lipinski definition) is 1. The lowest BCUT2D eigenvalue weighted by molar-refractivity contribution is -0.117. The lowest BCUT2D eigenvalue weighted by atomic mass is 10.3. The molecule has 0 spiro atoms. The molecule has 0 saturated carbocycles. The fourth-order valence-corrected chi connectivity index (χ4v) is 2.80. The second kappa shape index (κ2) is 6.83. The van der Waals surface area contributed by atoms with Gasteiger partial charge in [0.1, 0.15) is 0 Å². The number of carbonyl (C=O) groups excluding carboxylic acids is 2. The highest BCUT2D eigenvalue weighted by molar-refractivity contribution is 7.14. The first kappa shape index (κ1) is 15.0. The number of piperazine rings is 1. The highest BCUT2D eigenvalue weighted by Crippen LogP contribution is 2.20. The molecule has 0 aromatic carbocycles. The molecule has 7 heteroatoms. The van der Waals surface area contributed by atoms with Gasteiger partial charge in [-0.25, -0.2) is 4.79 Å². The van der Waals surface area contributed by atoms with Crippen molar-refractivity contribution in [1.29, 1.82) is 0 Å². The summed E-state index contributed by atoms with van der Waals surface area (Å²) in [5, 5.41) is 5.17. The van der Waals surface area contributed by atoms with Crippen molar-refractivity contribution >= 4 is 28.2 Å². The smallest absolute Gasteiger partial charge is 0.338 e. The van der Waals surface area contributed by atoms with E-state index in [1.54, 1.807) is 11.4 Å². The largest absolute Gasteiger partial charge is 0.465 e. The molecule has 1 aliphatic heterocycles. The maximum absolute atomic E-state index is 11.9. The van der Waals surface area contributed by atoms with Gasteiger partial charge in [0.05, 0.1) is 24.2 Å². The van der Waals surface area contributed by atoms with Crippen molar-refractivity contribution in [2.24, 2.45) is 0 Å². The molecule has 0 bridgehead atoms. The first-order valence-corrected chi connectivity index (χ1v) is 7.34. The van der Waals surface area contributed by atoms with E-state index >= 15 is 0 Å². The predicted octanol–water partition coefficient (Wildman–Crippen LogP) is 0.721. The number of ether oxygens (including phenoxy) is 1. The topological polar surface area (TPSA) is 61.9 Å². The van der Waals surface area contributed by atoms with E-state index in [1.165, 1.54) is 18.4 Å². The molecule has 1 aromatic heterocycles. The Balaban J connectivity index is 1.82. The van der Waals surface area contributed by atoms with E-state index < -0.39 is 0 Å². The zero-order valence-corrected chi connectivity index (χ0v) is 12.5. The maximum atomic E-state index is 11.9. The Bertz CT molecular complexity index is 481. The van der Waals surface area contributed by atoms with Gasteiger partial charge in [-0.1, -0.05) is 0 Å². The van der Waals surface area contributed by atoms with E-state index in [-0.39, 0.29) is 11.9 Å². The van der Waals surface area contributed by atoms with Gasteiger partial charge in [-0.3, -0.25) is 9.69 Å². The van der Waals surface area contributed by atoms with E-state index in [0.717, 1.165) is 26.2 Å². The van der Waals surface area contributed by atoms with Crippen LogP contribution in [0.2, 0.25) is 0 Å². The summed E-state index contributed by atoms with van der Waals surface area (Å²) in [6.45, 7) is 4.17. The maximum Gasteiger partial charge on any atom is 0.338 e. The summed E-state index contributed by atoms with van der Waals surface area (Å²) >= 11 is 1.32. The minimum atomic E-state index is -0.388. The van der Waals surface area contributed by atoms with Crippen LogP contribution in [0.15, 0.2) is 11.4 Å².